The maximum atomic E-state index is 13.1. The van der Waals surface area contributed by atoms with Gasteiger partial charge in [-0.15, -0.1) is 0 Å². The van der Waals surface area contributed by atoms with E-state index < -0.39 is 17.8 Å². The monoisotopic (exact) mass is 492 g/mol. The molecule has 0 bridgehead atoms. The molecule has 1 saturated heterocycles. The fourth-order valence-electron chi connectivity index (χ4n) is 3.47. The number of halogens is 1. The Balaban J connectivity index is 1.58. The molecule has 178 valence electrons. The first-order valence-corrected chi connectivity index (χ1v) is 10.9. The van der Waals surface area contributed by atoms with Crippen LogP contribution in [0.5, 0.6) is 17.2 Å². The summed E-state index contributed by atoms with van der Waals surface area (Å²) in [5.41, 5.74) is 1.50. The first-order chi connectivity index (χ1) is 16.9. The summed E-state index contributed by atoms with van der Waals surface area (Å²) in [5.74, 6) is -0.0818. The highest BCUT2D eigenvalue weighted by molar-refractivity contribution is 6.39. The fraction of sp³-hybridized carbons (Fsp3) is 0.115. The van der Waals surface area contributed by atoms with Crippen LogP contribution in [0.25, 0.3) is 6.08 Å². The second-order valence-electron chi connectivity index (χ2n) is 7.48. The Morgan fingerprint density at radius 1 is 0.914 bits per heavy atom. The van der Waals surface area contributed by atoms with Crippen LogP contribution in [0.15, 0.2) is 72.3 Å². The maximum absolute atomic E-state index is 13.1. The maximum Gasteiger partial charge on any atom is 0.335 e. The number of imide groups is 2. The van der Waals surface area contributed by atoms with Crippen molar-refractivity contribution in [3.05, 3.63) is 88.5 Å². The van der Waals surface area contributed by atoms with Crippen LogP contribution in [0.3, 0.4) is 0 Å². The SMILES string of the molecule is COc1ccc(N2C(=O)NC(=O)/C(=C\c3ccc(OCc4cccc(Cl)c4)c(OC)c3)C2=O)cc1. The number of carbonyl (C=O) groups excluding carboxylic acids is 3. The van der Waals surface area contributed by atoms with Gasteiger partial charge in [0, 0.05) is 5.02 Å². The summed E-state index contributed by atoms with van der Waals surface area (Å²) in [6.07, 6.45) is 1.39. The number of carbonyl (C=O) groups is 3. The first kappa shape index (κ1) is 23.8. The zero-order chi connectivity index (χ0) is 24.9. The highest BCUT2D eigenvalue weighted by atomic mass is 35.5. The zero-order valence-corrected chi connectivity index (χ0v) is 19.7. The Kier molecular flexibility index (Phi) is 7.03. The van der Waals surface area contributed by atoms with Crippen LogP contribution in [0.2, 0.25) is 5.02 Å². The van der Waals surface area contributed by atoms with Crippen molar-refractivity contribution < 1.29 is 28.6 Å². The number of nitrogens with one attached hydrogen (secondary N) is 1. The predicted octanol–water partition coefficient (Wildman–Crippen LogP) is 4.60. The van der Waals surface area contributed by atoms with Crippen molar-refractivity contribution >= 4 is 41.2 Å². The van der Waals surface area contributed by atoms with Crippen LogP contribution in [-0.2, 0) is 16.2 Å². The van der Waals surface area contributed by atoms with E-state index in [1.807, 2.05) is 12.1 Å². The number of nitrogens with zero attached hydrogens (tertiary/aromatic N) is 1. The van der Waals surface area contributed by atoms with Crippen molar-refractivity contribution in [3.63, 3.8) is 0 Å². The fourth-order valence-corrected chi connectivity index (χ4v) is 3.68. The number of hydrogen-bond acceptors (Lipinski definition) is 6. The smallest absolute Gasteiger partial charge is 0.335 e. The largest absolute Gasteiger partial charge is 0.497 e. The number of anilines is 1. The molecule has 1 fully saturated rings. The van der Waals surface area contributed by atoms with E-state index in [-0.39, 0.29) is 12.2 Å². The number of ether oxygens (including phenoxy) is 3. The van der Waals surface area contributed by atoms with E-state index in [4.69, 9.17) is 25.8 Å². The van der Waals surface area contributed by atoms with E-state index in [9.17, 15) is 14.4 Å². The van der Waals surface area contributed by atoms with Crippen molar-refractivity contribution in [2.75, 3.05) is 19.1 Å². The molecule has 3 aromatic carbocycles. The molecule has 35 heavy (non-hydrogen) atoms. The number of methoxy groups -OCH3 is 2. The molecule has 3 aromatic rings. The molecule has 4 amide bonds. The average molecular weight is 493 g/mol. The van der Waals surface area contributed by atoms with Crippen molar-refractivity contribution in [2.45, 2.75) is 6.61 Å². The van der Waals surface area contributed by atoms with E-state index in [2.05, 4.69) is 5.32 Å². The Labute approximate surface area is 206 Å². The van der Waals surface area contributed by atoms with Crippen LogP contribution in [0.4, 0.5) is 10.5 Å². The number of rotatable bonds is 7. The molecule has 4 rings (SSSR count). The van der Waals surface area contributed by atoms with E-state index in [0.29, 0.717) is 33.5 Å². The minimum atomic E-state index is -0.829. The molecule has 0 atom stereocenters. The third kappa shape index (κ3) is 5.28. The van der Waals surface area contributed by atoms with Crippen LogP contribution in [0, 0.1) is 0 Å². The Morgan fingerprint density at radius 3 is 2.37 bits per heavy atom. The molecule has 1 aliphatic rings. The Hall–Kier alpha value is -4.30. The van der Waals surface area contributed by atoms with Gasteiger partial charge in [-0.05, 0) is 65.7 Å². The minimum Gasteiger partial charge on any atom is -0.497 e. The van der Waals surface area contributed by atoms with E-state index >= 15 is 0 Å². The summed E-state index contributed by atoms with van der Waals surface area (Å²) < 4.78 is 16.4. The molecule has 8 nitrogen and oxygen atoms in total. The zero-order valence-electron chi connectivity index (χ0n) is 18.9. The van der Waals surface area contributed by atoms with Gasteiger partial charge in [0.1, 0.15) is 17.9 Å². The quantitative estimate of drug-likeness (QED) is 0.382. The highest BCUT2D eigenvalue weighted by Crippen LogP contribution is 2.31. The van der Waals surface area contributed by atoms with Crippen LogP contribution < -0.4 is 24.4 Å². The van der Waals surface area contributed by atoms with E-state index in [0.717, 1.165) is 10.5 Å². The second-order valence-corrected chi connectivity index (χ2v) is 7.92. The lowest BCUT2D eigenvalue weighted by atomic mass is 10.1. The van der Waals surface area contributed by atoms with Gasteiger partial charge >= 0.3 is 6.03 Å². The van der Waals surface area contributed by atoms with Crippen molar-refractivity contribution in [1.29, 1.82) is 0 Å². The first-order valence-electron chi connectivity index (χ1n) is 10.5. The third-order valence-electron chi connectivity index (χ3n) is 5.21. The number of barbiturate groups is 1. The third-order valence-corrected chi connectivity index (χ3v) is 5.45. The molecule has 1 heterocycles. The standard InChI is InChI=1S/C26H21ClN2O6/c1-33-20-9-7-19(8-10-20)29-25(31)21(24(30)28-26(29)32)13-16-6-11-22(23(14-16)34-2)35-15-17-4-3-5-18(27)12-17/h3-14H,15H2,1-2H3,(H,28,30,32)/b21-13+. The lowest BCUT2D eigenvalue weighted by Gasteiger charge is -2.26. The Morgan fingerprint density at radius 2 is 1.69 bits per heavy atom. The van der Waals surface area contributed by atoms with Crippen molar-refractivity contribution in [1.82, 2.24) is 5.32 Å². The minimum absolute atomic E-state index is 0.199. The van der Waals surface area contributed by atoms with E-state index in [1.165, 1.54) is 20.3 Å². The lowest BCUT2D eigenvalue weighted by Crippen LogP contribution is -2.54. The highest BCUT2D eigenvalue weighted by Gasteiger charge is 2.36. The van der Waals surface area contributed by atoms with Crippen molar-refractivity contribution in [3.8, 4) is 17.2 Å². The normalized spacial score (nSPS) is 14.7. The number of benzene rings is 3. The molecule has 1 aliphatic heterocycles. The lowest BCUT2D eigenvalue weighted by molar-refractivity contribution is -0.122. The molecule has 0 aliphatic carbocycles. The summed E-state index contributed by atoms with van der Waals surface area (Å²) in [5, 5.41) is 2.81. The van der Waals surface area contributed by atoms with Gasteiger partial charge in [0.15, 0.2) is 11.5 Å². The van der Waals surface area contributed by atoms with Crippen molar-refractivity contribution in [2.24, 2.45) is 0 Å². The summed E-state index contributed by atoms with van der Waals surface area (Å²) in [6.45, 7) is 0.275. The van der Waals surface area contributed by atoms with Gasteiger partial charge in [0.25, 0.3) is 11.8 Å². The van der Waals surface area contributed by atoms with Gasteiger partial charge in [0.05, 0.1) is 19.9 Å². The molecule has 0 unspecified atom stereocenters. The van der Waals surface area contributed by atoms with Gasteiger partial charge < -0.3 is 14.2 Å². The van der Waals surface area contributed by atoms with Crippen LogP contribution in [0.1, 0.15) is 11.1 Å². The Bertz CT molecular complexity index is 1320. The second kappa shape index (κ2) is 10.3. The summed E-state index contributed by atoms with van der Waals surface area (Å²) in [4.78, 5) is 38.9. The molecule has 0 spiro atoms. The molecule has 0 radical (unpaired) electrons. The van der Waals surface area contributed by atoms with E-state index in [1.54, 1.807) is 54.6 Å². The topological polar surface area (TPSA) is 94.2 Å². The molecular weight excluding hydrogens is 472 g/mol. The van der Waals surface area contributed by atoms with Gasteiger partial charge in [-0.25, -0.2) is 9.69 Å². The van der Waals surface area contributed by atoms with Gasteiger partial charge in [-0.3, -0.25) is 14.9 Å². The predicted molar refractivity (Wildman–Crippen MR) is 131 cm³/mol. The number of urea groups is 1. The summed E-state index contributed by atoms with van der Waals surface area (Å²) in [6, 6.07) is 17.8. The molecular formula is C26H21ClN2O6. The molecule has 0 saturated carbocycles. The average Bonchev–Trinajstić information content (AvgIpc) is 2.86. The van der Waals surface area contributed by atoms with Gasteiger partial charge in [-0.1, -0.05) is 29.8 Å². The van der Waals surface area contributed by atoms with Crippen LogP contribution in [-0.4, -0.2) is 32.1 Å². The van der Waals surface area contributed by atoms with Crippen LogP contribution >= 0.6 is 11.6 Å². The number of hydrogen-bond donors (Lipinski definition) is 1. The summed E-state index contributed by atoms with van der Waals surface area (Å²) in [7, 11) is 3.00. The molecule has 1 N–H and O–H groups in total. The molecule has 9 heteroatoms. The summed E-state index contributed by atoms with van der Waals surface area (Å²) >= 11 is 6.02. The molecule has 0 aromatic heterocycles. The van der Waals surface area contributed by atoms with Gasteiger partial charge in [-0.2, -0.15) is 0 Å². The van der Waals surface area contributed by atoms with Gasteiger partial charge in [0.2, 0.25) is 0 Å². The number of amides is 4.